The first kappa shape index (κ1) is 18.0. The standard InChI is InChI=1S/C19H17F2N5O2/c1-12-7-22-11-25(12)10-13-8-24(9-13)19-18(26(27)28)5-4-17(23-19)15-3-2-14(20)6-16(15)21/h2-7,11,13H,8-10H2,1H3. The predicted octanol–water partition coefficient (Wildman–Crippen LogP) is 3.58. The van der Waals surface area contributed by atoms with E-state index in [0.717, 1.165) is 24.4 Å². The third-order valence-corrected chi connectivity index (χ3v) is 4.89. The predicted molar refractivity (Wildman–Crippen MR) is 98.9 cm³/mol. The van der Waals surface area contributed by atoms with Crippen LogP contribution in [0.1, 0.15) is 5.69 Å². The fourth-order valence-corrected chi connectivity index (χ4v) is 3.38. The van der Waals surface area contributed by atoms with Crippen LogP contribution in [0.5, 0.6) is 0 Å². The Morgan fingerprint density at radius 3 is 2.68 bits per heavy atom. The van der Waals surface area contributed by atoms with Crippen molar-refractivity contribution >= 4 is 11.5 Å². The molecule has 0 spiro atoms. The summed E-state index contributed by atoms with van der Waals surface area (Å²) in [6, 6.07) is 5.88. The van der Waals surface area contributed by atoms with Crippen LogP contribution in [0.4, 0.5) is 20.3 Å². The van der Waals surface area contributed by atoms with E-state index in [0.29, 0.717) is 19.0 Å². The van der Waals surface area contributed by atoms with Crippen molar-refractivity contribution in [3.05, 3.63) is 70.3 Å². The molecule has 0 radical (unpaired) electrons. The first-order valence-corrected chi connectivity index (χ1v) is 8.75. The van der Waals surface area contributed by atoms with E-state index in [-0.39, 0.29) is 22.8 Å². The molecular formula is C19H17F2N5O2. The molecule has 0 saturated carbocycles. The molecule has 3 aromatic rings. The van der Waals surface area contributed by atoms with Crippen LogP contribution in [0, 0.1) is 34.6 Å². The number of nitrogens with zero attached hydrogens (tertiary/aromatic N) is 5. The number of nitro groups is 1. The molecule has 7 nitrogen and oxygen atoms in total. The molecule has 0 atom stereocenters. The molecule has 2 aromatic heterocycles. The van der Waals surface area contributed by atoms with Gasteiger partial charge >= 0.3 is 5.69 Å². The minimum Gasteiger partial charge on any atom is -0.350 e. The summed E-state index contributed by atoms with van der Waals surface area (Å²) in [5.74, 6) is -0.946. The molecule has 0 N–H and O–H groups in total. The second-order valence-electron chi connectivity index (χ2n) is 6.88. The minimum atomic E-state index is -0.760. The monoisotopic (exact) mass is 385 g/mol. The highest BCUT2D eigenvalue weighted by atomic mass is 19.1. The van der Waals surface area contributed by atoms with Crippen molar-refractivity contribution in [1.82, 2.24) is 14.5 Å². The number of hydrogen-bond acceptors (Lipinski definition) is 5. The lowest BCUT2D eigenvalue weighted by atomic mass is 9.99. The summed E-state index contributed by atoms with van der Waals surface area (Å²) in [6.07, 6.45) is 3.54. The molecule has 28 heavy (non-hydrogen) atoms. The van der Waals surface area contributed by atoms with Crippen LogP contribution < -0.4 is 4.90 Å². The molecule has 144 valence electrons. The molecule has 1 aliphatic heterocycles. The number of imidazole rings is 1. The number of benzene rings is 1. The zero-order valence-corrected chi connectivity index (χ0v) is 15.0. The van der Waals surface area contributed by atoms with Gasteiger partial charge in [0.25, 0.3) is 0 Å². The molecule has 9 heteroatoms. The van der Waals surface area contributed by atoms with Gasteiger partial charge in [0.2, 0.25) is 5.82 Å². The van der Waals surface area contributed by atoms with E-state index < -0.39 is 16.6 Å². The van der Waals surface area contributed by atoms with Crippen LogP contribution in [-0.4, -0.2) is 32.5 Å². The van der Waals surface area contributed by atoms with Crippen molar-refractivity contribution in [1.29, 1.82) is 0 Å². The van der Waals surface area contributed by atoms with Crippen LogP contribution in [0.3, 0.4) is 0 Å². The summed E-state index contributed by atoms with van der Waals surface area (Å²) in [7, 11) is 0. The molecular weight excluding hydrogens is 368 g/mol. The summed E-state index contributed by atoms with van der Waals surface area (Å²) in [5.41, 5.74) is 1.25. The number of hydrogen-bond donors (Lipinski definition) is 0. The number of rotatable bonds is 5. The lowest BCUT2D eigenvalue weighted by Crippen LogP contribution is -2.49. The smallest absolute Gasteiger partial charge is 0.311 e. The van der Waals surface area contributed by atoms with Gasteiger partial charge in [0.15, 0.2) is 0 Å². The average Bonchev–Trinajstić information content (AvgIpc) is 3.02. The van der Waals surface area contributed by atoms with E-state index in [1.54, 1.807) is 17.4 Å². The summed E-state index contributed by atoms with van der Waals surface area (Å²) in [6.45, 7) is 3.93. The third-order valence-electron chi connectivity index (χ3n) is 4.89. The van der Waals surface area contributed by atoms with E-state index in [4.69, 9.17) is 0 Å². The van der Waals surface area contributed by atoms with E-state index >= 15 is 0 Å². The van der Waals surface area contributed by atoms with Gasteiger partial charge in [-0.15, -0.1) is 0 Å². The summed E-state index contributed by atoms with van der Waals surface area (Å²) < 4.78 is 29.3. The highest BCUT2D eigenvalue weighted by Crippen LogP contribution is 2.35. The fourth-order valence-electron chi connectivity index (χ4n) is 3.38. The van der Waals surface area contributed by atoms with Gasteiger partial charge in [-0.2, -0.15) is 0 Å². The lowest BCUT2D eigenvalue weighted by molar-refractivity contribution is -0.384. The Bertz CT molecular complexity index is 1050. The lowest BCUT2D eigenvalue weighted by Gasteiger charge is -2.40. The van der Waals surface area contributed by atoms with Crippen LogP contribution in [0.15, 0.2) is 42.9 Å². The topological polar surface area (TPSA) is 77.1 Å². The number of anilines is 1. The van der Waals surface area contributed by atoms with Gasteiger partial charge in [-0.1, -0.05) is 0 Å². The van der Waals surface area contributed by atoms with Crippen molar-refractivity contribution in [2.75, 3.05) is 18.0 Å². The number of aryl methyl sites for hydroxylation is 1. The molecule has 0 aliphatic carbocycles. The molecule has 1 aliphatic rings. The van der Waals surface area contributed by atoms with Crippen LogP contribution >= 0.6 is 0 Å². The van der Waals surface area contributed by atoms with Gasteiger partial charge in [0.05, 0.1) is 16.9 Å². The van der Waals surface area contributed by atoms with Gasteiger partial charge in [0.1, 0.15) is 11.6 Å². The maximum atomic E-state index is 14.1. The van der Waals surface area contributed by atoms with E-state index in [1.165, 1.54) is 18.2 Å². The van der Waals surface area contributed by atoms with Gasteiger partial charge in [-0.3, -0.25) is 10.1 Å². The van der Waals surface area contributed by atoms with Crippen LogP contribution in [0.2, 0.25) is 0 Å². The van der Waals surface area contributed by atoms with E-state index in [2.05, 4.69) is 9.97 Å². The quantitative estimate of drug-likeness (QED) is 0.496. The van der Waals surface area contributed by atoms with Crippen molar-refractivity contribution in [3.8, 4) is 11.3 Å². The van der Waals surface area contributed by atoms with Crippen LogP contribution in [-0.2, 0) is 6.54 Å². The second kappa shape index (κ2) is 6.99. The van der Waals surface area contributed by atoms with Crippen molar-refractivity contribution in [2.24, 2.45) is 5.92 Å². The first-order chi connectivity index (χ1) is 13.4. The maximum absolute atomic E-state index is 14.1. The molecule has 1 saturated heterocycles. The summed E-state index contributed by atoms with van der Waals surface area (Å²) in [4.78, 5) is 21.1. The molecule has 1 fully saturated rings. The number of halogens is 2. The summed E-state index contributed by atoms with van der Waals surface area (Å²) in [5, 5.41) is 11.4. The number of pyridine rings is 1. The molecule has 0 unspecified atom stereocenters. The fraction of sp³-hybridized carbons (Fsp3) is 0.263. The second-order valence-corrected chi connectivity index (χ2v) is 6.88. The van der Waals surface area contributed by atoms with Gasteiger partial charge in [0, 0.05) is 55.1 Å². The minimum absolute atomic E-state index is 0.101. The Balaban J connectivity index is 1.59. The zero-order valence-electron chi connectivity index (χ0n) is 15.0. The maximum Gasteiger partial charge on any atom is 0.311 e. The first-order valence-electron chi connectivity index (χ1n) is 8.75. The largest absolute Gasteiger partial charge is 0.350 e. The van der Waals surface area contributed by atoms with Crippen LogP contribution in [0.25, 0.3) is 11.3 Å². The zero-order chi connectivity index (χ0) is 19.8. The molecule has 4 rings (SSSR count). The third kappa shape index (κ3) is 3.30. The molecule has 3 heterocycles. The molecule has 0 amide bonds. The Morgan fingerprint density at radius 1 is 1.25 bits per heavy atom. The van der Waals surface area contributed by atoms with Gasteiger partial charge in [-0.05, 0) is 25.1 Å². The highest BCUT2D eigenvalue weighted by molar-refractivity contribution is 5.68. The summed E-state index contributed by atoms with van der Waals surface area (Å²) >= 11 is 0. The van der Waals surface area contributed by atoms with E-state index in [9.17, 15) is 18.9 Å². The number of aromatic nitrogens is 3. The van der Waals surface area contributed by atoms with Crippen molar-refractivity contribution in [3.63, 3.8) is 0 Å². The Kier molecular flexibility index (Phi) is 4.50. The van der Waals surface area contributed by atoms with E-state index in [1.807, 2.05) is 11.5 Å². The van der Waals surface area contributed by atoms with Gasteiger partial charge < -0.3 is 9.47 Å². The van der Waals surface area contributed by atoms with Crippen molar-refractivity contribution in [2.45, 2.75) is 13.5 Å². The Labute approximate surface area is 159 Å². The Hall–Kier alpha value is -3.36. The average molecular weight is 385 g/mol. The Morgan fingerprint density at radius 2 is 2.04 bits per heavy atom. The highest BCUT2D eigenvalue weighted by Gasteiger charge is 2.33. The van der Waals surface area contributed by atoms with Gasteiger partial charge in [-0.25, -0.2) is 18.7 Å². The SMILES string of the molecule is Cc1cncn1CC1CN(c2nc(-c3ccc(F)cc3F)ccc2[N+](=O)[O-])C1. The molecule has 0 bridgehead atoms. The molecule has 1 aromatic carbocycles. The normalized spacial score (nSPS) is 14.2. The van der Waals surface area contributed by atoms with Crippen molar-refractivity contribution < 1.29 is 13.7 Å².